The van der Waals surface area contributed by atoms with Gasteiger partial charge in [0.25, 0.3) is 0 Å². The molecule has 1 atom stereocenters. The first-order chi connectivity index (χ1) is 18.3. The van der Waals surface area contributed by atoms with Gasteiger partial charge in [-0.25, -0.2) is 0 Å². The Morgan fingerprint density at radius 1 is 0.757 bits per heavy atom. The standard InChI is InChI=1S/C32H18N4O/c1-33-16-14-20-19-11-13-24-28-26(19)31-35(30(20)33)21-6-2-3-7-22(21)36(31)32(28)27-23(37-24)12-10-17-8-9-18-5-4-15-34(32)29(18)25(17)27/h2-16H,1H3/q+2. The summed E-state index contributed by atoms with van der Waals surface area (Å²) in [5, 5.41) is 7.63. The van der Waals surface area contributed by atoms with Crippen LogP contribution in [0.3, 0.4) is 0 Å². The van der Waals surface area contributed by atoms with Crippen molar-refractivity contribution in [3.8, 4) is 11.5 Å². The molecule has 4 aromatic heterocycles. The summed E-state index contributed by atoms with van der Waals surface area (Å²) in [6, 6.07) is 28.9. The molecule has 5 heteroatoms. The number of rotatable bonds is 0. The Labute approximate surface area is 209 Å². The Morgan fingerprint density at radius 3 is 2.51 bits per heavy atom. The predicted molar refractivity (Wildman–Crippen MR) is 142 cm³/mol. The molecule has 3 aliphatic heterocycles. The van der Waals surface area contributed by atoms with Gasteiger partial charge in [-0.2, -0.15) is 4.40 Å². The zero-order chi connectivity index (χ0) is 23.8. The fourth-order valence-corrected chi connectivity index (χ4v) is 8.03. The molecule has 0 amide bonds. The molecule has 0 radical (unpaired) electrons. The fourth-order valence-electron chi connectivity index (χ4n) is 8.03. The van der Waals surface area contributed by atoms with Gasteiger partial charge in [0.15, 0.2) is 17.2 Å². The normalized spacial score (nSPS) is 18.2. The summed E-state index contributed by atoms with van der Waals surface area (Å²) < 4.78 is 16.6. The van der Waals surface area contributed by atoms with Crippen LogP contribution in [0.2, 0.25) is 0 Å². The lowest BCUT2D eigenvalue weighted by Crippen LogP contribution is -2.72. The van der Waals surface area contributed by atoms with Gasteiger partial charge in [-0.15, -0.1) is 9.13 Å². The van der Waals surface area contributed by atoms with E-state index in [4.69, 9.17) is 4.74 Å². The van der Waals surface area contributed by atoms with E-state index in [-0.39, 0.29) is 0 Å². The third-order valence-corrected chi connectivity index (χ3v) is 9.21. The van der Waals surface area contributed by atoms with Crippen molar-refractivity contribution in [2.24, 2.45) is 7.05 Å². The molecule has 8 aromatic rings. The smallest absolute Gasteiger partial charge is 0.372 e. The minimum absolute atomic E-state index is 0.556. The van der Waals surface area contributed by atoms with E-state index in [1.807, 2.05) is 0 Å². The monoisotopic (exact) mass is 474 g/mol. The lowest BCUT2D eigenvalue weighted by atomic mass is 9.85. The van der Waals surface area contributed by atoms with Crippen molar-refractivity contribution in [1.82, 2.24) is 8.97 Å². The average molecular weight is 475 g/mol. The van der Waals surface area contributed by atoms with E-state index >= 15 is 0 Å². The average Bonchev–Trinajstić information content (AvgIpc) is 3.66. The summed E-state index contributed by atoms with van der Waals surface area (Å²) >= 11 is 0. The molecule has 7 heterocycles. The molecule has 11 rings (SSSR count). The maximum atomic E-state index is 6.76. The first-order valence-corrected chi connectivity index (χ1v) is 12.8. The van der Waals surface area contributed by atoms with Crippen LogP contribution in [0.1, 0.15) is 11.1 Å². The van der Waals surface area contributed by atoms with E-state index in [1.165, 1.54) is 71.3 Å². The number of aromatic nitrogens is 4. The zero-order valence-corrected chi connectivity index (χ0v) is 19.9. The van der Waals surface area contributed by atoms with E-state index in [1.54, 1.807) is 0 Å². The molecule has 0 saturated heterocycles. The molecule has 170 valence electrons. The number of nitrogens with zero attached hydrogens (tertiary/aromatic N) is 4. The van der Waals surface area contributed by atoms with Crippen molar-refractivity contribution in [3.05, 3.63) is 102 Å². The maximum Gasteiger partial charge on any atom is 0.372 e. The Balaban J connectivity index is 1.57. The Kier molecular flexibility index (Phi) is 2.43. The lowest BCUT2D eigenvalue weighted by molar-refractivity contribution is -0.934. The highest BCUT2D eigenvalue weighted by molar-refractivity contribution is 6.17. The third-order valence-electron chi connectivity index (χ3n) is 9.21. The minimum atomic E-state index is -0.556. The summed E-state index contributed by atoms with van der Waals surface area (Å²) in [6.45, 7) is 0. The second-order valence-corrected chi connectivity index (χ2v) is 10.7. The van der Waals surface area contributed by atoms with Crippen LogP contribution in [-0.2, 0) is 12.7 Å². The van der Waals surface area contributed by atoms with Crippen LogP contribution < -0.4 is 13.9 Å². The molecule has 4 aromatic carbocycles. The van der Waals surface area contributed by atoms with Gasteiger partial charge in [0.2, 0.25) is 11.2 Å². The summed E-state index contributed by atoms with van der Waals surface area (Å²) in [6.07, 6.45) is 4.45. The third kappa shape index (κ3) is 1.51. The van der Waals surface area contributed by atoms with Crippen LogP contribution in [0.4, 0.5) is 0 Å². The van der Waals surface area contributed by atoms with Crippen LogP contribution in [0.15, 0.2) is 91.3 Å². The summed E-state index contributed by atoms with van der Waals surface area (Å²) in [4.78, 5) is 0. The first-order valence-electron chi connectivity index (χ1n) is 12.8. The molecular formula is C32H18N4O+2. The topological polar surface area (TPSA) is 26.3 Å². The van der Waals surface area contributed by atoms with Gasteiger partial charge in [0.1, 0.15) is 22.6 Å². The molecule has 37 heavy (non-hydrogen) atoms. The molecule has 0 saturated carbocycles. The number of ether oxygens (including phenoxy) is 1. The van der Waals surface area contributed by atoms with Crippen molar-refractivity contribution in [1.29, 1.82) is 0 Å². The van der Waals surface area contributed by atoms with Gasteiger partial charge in [-0.1, -0.05) is 24.3 Å². The SMILES string of the molecule is Cn1ccc2c3ccc4c5c3c3n(c6ccccc6[n+]3C53c5c(ccc6ccc7ccc[n+]3c7c56)O4)c21. The van der Waals surface area contributed by atoms with Crippen molar-refractivity contribution < 1.29 is 13.9 Å². The number of hydrogen-bond acceptors (Lipinski definition) is 1. The molecule has 1 unspecified atom stereocenters. The molecular weight excluding hydrogens is 456 g/mol. The minimum Gasteiger partial charge on any atom is -0.456 e. The van der Waals surface area contributed by atoms with E-state index in [0.29, 0.717) is 0 Å². The fraction of sp³-hybridized carbons (Fsp3) is 0.0625. The van der Waals surface area contributed by atoms with Gasteiger partial charge < -0.3 is 9.30 Å². The van der Waals surface area contributed by atoms with E-state index in [9.17, 15) is 0 Å². The molecule has 0 bridgehead atoms. The maximum absolute atomic E-state index is 6.76. The Morgan fingerprint density at radius 2 is 1.57 bits per heavy atom. The van der Waals surface area contributed by atoms with Gasteiger partial charge >= 0.3 is 11.3 Å². The van der Waals surface area contributed by atoms with Crippen LogP contribution in [-0.4, -0.2) is 8.97 Å². The number of aryl methyl sites for hydroxylation is 1. The number of hydrogen-bond donors (Lipinski definition) is 0. The second kappa shape index (κ2) is 5.13. The van der Waals surface area contributed by atoms with Crippen LogP contribution in [0.5, 0.6) is 11.5 Å². The first kappa shape index (κ1) is 17.5. The number of benzene rings is 4. The molecule has 0 aliphatic carbocycles. The second-order valence-electron chi connectivity index (χ2n) is 10.7. The van der Waals surface area contributed by atoms with Crippen molar-refractivity contribution >= 4 is 60.2 Å². The van der Waals surface area contributed by atoms with Crippen LogP contribution in [0.25, 0.3) is 60.2 Å². The highest BCUT2D eigenvalue weighted by Gasteiger charge is 2.68. The zero-order valence-electron chi connectivity index (χ0n) is 19.9. The summed E-state index contributed by atoms with van der Waals surface area (Å²) in [5.74, 6) is 1.89. The molecule has 0 N–H and O–H groups in total. The van der Waals surface area contributed by atoms with Crippen molar-refractivity contribution in [2.75, 3.05) is 0 Å². The van der Waals surface area contributed by atoms with E-state index in [2.05, 4.69) is 116 Å². The largest absolute Gasteiger partial charge is 0.456 e. The summed E-state index contributed by atoms with van der Waals surface area (Å²) in [5.41, 5.74) is 8.12. The Hall–Kier alpha value is -4.90. The van der Waals surface area contributed by atoms with Crippen LogP contribution >= 0.6 is 0 Å². The van der Waals surface area contributed by atoms with E-state index in [0.717, 1.165) is 11.5 Å². The number of para-hydroxylation sites is 2. The number of imidazole rings is 1. The van der Waals surface area contributed by atoms with Gasteiger partial charge in [0.05, 0.1) is 10.8 Å². The lowest BCUT2D eigenvalue weighted by Gasteiger charge is -2.28. The molecule has 0 fully saturated rings. The highest BCUT2D eigenvalue weighted by atomic mass is 16.5. The Bertz CT molecular complexity index is 2460. The number of pyridine rings is 2. The quantitative estimate of drug-likeness (QED) is 0.206. The number of fused-ring (bicyclic) bond motifs is 6. The predicted octanol–water partition coefficient (Wildman–Crippen LogP) is 5.65. The van der Waals surface area contributed by atoms with Gasteiger partial charge in [-0.3, -0.25) is 0 Å². The van der Waals surface area contributed by atoms with Crippen LogP contribution in [0, 0.1) is 0 Å². The van der Waals surface area contributed by atoms with Crippen molar-refractivity contribution in [2.45, 2.75) is 5.66 Å². The van der Waals surface area contributed by atoms with E-state index < -0.39 is 5.66 Å². The summed E-state index contributed by atoms with van der Waals surface area (Å²) in [7, 11) is 2.15. The molecule has 3 aliphatic rings. The van der Waals surface area contributed by atoms with Crippen molar-refractivity contribution in [3.63, 3.8) is 0 Å². The molecule has 5 nitrogen and oxygen atoms in total. The van der Waals surface area contributed by atoms with Gasteiger partial charge in [-0.05, 0) is 53.9 Å². The highest BCUT2D eigenvalue weighted by Crippen LogP contribution is 2.57. The van der Waals surface area contributed by atoms with Gasteiger partial charge in [0, 0.05) is 35.5 Å². The molecule has 1 spiro atoms.